The summed E-state index contributed by atoms with van der Waals surface area (Å²) in [5.41, 5.74) is 0.270. The predicted molar refractivity (Wildman–Crippen MR) is 218 cm³/mol. The zero-order chi connectivity index (χ0) is 42.2. The number of amides is 2. The van der Waals surface area contributed by atoms with Gasteiger partial charge in [0.05, 0.1) is 36.4 Å². The Labute approximate surface area is 332 Å². The Bertz CT molecular complexity index is 1630. The molecule has 2 rings (SSSR count). The summed E-state index contributed by atoms with van der Waals surface area (Å²) in [6.07, 6.45) is 19.8. The molecule has 0 radical (unpaired) electrons. The van der Waals surface area contributed by atoms with Crippen molar-refractivity contribution in [2.24, 2.45) is 17.3 Å². The van der Waals surface area contributed by atoms with E-state index in [4.69, 9.17) is 9.47 Å². The normalized spacial score (nSPS) is 26.6. The SMILES string of the molecule is C/C=C/C=C/[C@@H]1O[C@](O)(C(CC)C(=O)NC/C=C/C=C(\C)C(OC)C(C)C(O)C(O)/C=C/C=C/C=C/C=C(C)/C(O)=C2\C(=O)CCN(C)C2=O)C[C@H](O)C1(C)C. The molecule has 12 nitrogen and oxygen atoms in total. The first-order valence-corrected chi connectivity index (χ1v) is 19.2. The first kappa shape index (κ1) is 48.0. The number of allylic oxidation sites excluding steroid dienone is 12. The molecule has 6 N–H and O–H groups in total. The summed E-state index contributed by atoms with van der Waals surface area (Å²) < 4.78 is 11.8. The number of carbonyl (C=O) groups is 3. The van der Waals surface area contributed by atoms with Crippen molar-refractivity contribution >= 4 is 17.6 Å². The zero-order valence-corrected chi connectivity index (χ0v) is 34.4. The first-order valence-electron chi connectivity index (χ1n) is 19.2. The lowest BCUT2D eigenvalue weighted by molar-refractivity contribution is -0.314. The predicted octanol–water partition coefficient (Wildman–Crippen LogP) is 4.86. The minimum Gasteiger partial charge on any atom is -0.507 e. The maximum atomic E-state index is 13.2. The summed E-state index contributed by atoms with van der Waals surface area (Å²) in [6.45, 7) is 13.1. The lowest BCUT2D eigenvalue weighted by Crippen LogP contribution is -2.60. The highest BCUT2D eigenvalue weighted by molar-refractivity contribution is 6.21. The van der Waals surface area contributed by atoms with Crippen molar-refractivity contribution in [2.75, 3.05) is 27.2 Å². The maximum absolute atomic E-state index is 13.2. The minimum atomic E-state index is -1.85. The Kier molecular flexibility index (Phi) is 19.3. The highest BCUT2D eigenvalue weighted by Gasteiger charge is 2.54. The van der Waals surface area contributed by atoms with E-state index >= 15 is 0 Å². The molecule has 0 aliphatic carbocycles. The first-order chi connectivity index (χ1) is 26.4. The van der Waals surface area contributed by atoms with Gasteiger partial charge in [-0.1, -0.05) is 113 Å². The highest BCUT2D eigenvalue weighted by atomic mass is 16.6. The lowest BCUT2D eigenvalue weighted by Gasteiger charge is -2.50. The second-order valence-electron chi connectivity index (χ2n) is 15.0. The van der Waals surface area contributed by atoms with E-state index < -0.39 is 65.4 Å². The molecule has 310 valence electrons. The van der Waals surface area contributed by atoms with Gasteiger partial charge in [0.1, 0.15) is 11.3 Å². The molecule has 0 aromatic rings. The Morgan fingerprint density at radius 1 is 1.05 bits per heavy atom. The third-order valence-corrected chi connectivity index (χ3v) is 10.4. The third-order valence-electron chi connectivity index (χ3n) is 10.4. The summed E-state index contributed by atoms with van der Waals surface area (Å²) in [4.78, 5) is 39.1. The molecule has 56 heavy (non-hydrogen) atoms. The zero-order valence-electron chi connectivity index (χ0n) is 34.4. The third kappa shape index (κ3) is 12.9. The number of nitrogens with one attached hydrogen (secondary N) is 1. The monoisotopic (exact) mass is 780 g/mol. The molecule has 2 amide bonds. The minimum absolute atomic E-state index is 0.0999. The van der Waals surface area contributed by atoms with Crippen molar-refractivity contribution in [3.8, 4) is 0 Å². The van der Waals surface area contributed by atoms with Crippen LogP contribution in [-0.4, -0.2) is 112 Å². The van der Waals surface area contributed by atoms with Crippen molar-refractivity contribution in [3.05, 3.63) is 108 Å². The molecule has 12 heteroatoms. The molecular formula is C44H64N2O10. The molecule has 0 aromatic carbocycles. The standard InChI is InChI=1S/C44H64N2O10/c1-10-12-16-24-36-43(6,7)35(49)28-44(54,56-36)32(11-2)41(52)45-26-20-19-22-30(4)40(55-9)31(5)39(51)34(48)23-18-15-13-14-17-21-29(3)38(50)37-33(47)25-27-46(8)42(37)53/h10,12-24,31-32,34-36,39-40,48-51,54H,11,25-28H2,1-9H3,(H,45,52)/b12-10+,15-13+,17-14+,20-19+,23-18+,24-16+,29-21+,30-22+,38-37-/t31?,32?,34?,35-,36-,39?,40?,44-/m0/s1. The molecule has 2 fully saturated rings. The van der Waals surface area contributed by atoms with Crippen LogP contribution in [0.3, 0.4) is 0 Å². The highest BCUT2D eigenvalue weighted by Crippen LogP contribution is 2.44. The van der Waals surface area contributed by atoms with Gasteiger partial charge in [-0.05, 0) is 38.3 Å². The number of carbonyl (C=O) groups excluding carboxylic acids is 3. The van der Waals surface area contributed by atoms with Crippen LogP contribution < -0.4 is 5.32 Å². The number of ether oxygens (including phenoxy) is 2. The van der Waals surface area contributed by atoms with Crippen molar-refractivity contribution in [1.29, 1.82) is 0 Å². The molecule has 2 saturated heterocycles. The Morgan fingerprint density at radius 3 is 2.36 bits per heavy atom. The number of rotatable bonds is 18. The van der Waals surface area contributed by atoms with E-state index in [1.165, 1.54) is 18.1 Å². The summed E-state index contributed by atoms with van der Waals surface area (Å²) in [5, 5.41) is 57.3. The summed E-state index contributed by atoms with van der Waals surface area (Å²) in [6, 6.07) is 0. The van der Waals surface area contributed by atoms with Gasteiger partial charge in [-0.25, -0.2) is 0 Å². The van der Waals surface area contributed by atoms with Crippen LogP contribution >= 0.6 is 0 Å². The van der Waals surface area contributed by atoms with Gasteiger partial charge in [-0.3, -0.25) is 14.4 Å². The number of hydrogen-bond acceptors (Lipinski definition) is 10. The lowest BCUT2D eigenvalue weighted by atomic mass is 9.72. The summed E-state index contributed by atoms with van der Waals surface area (Å²) in [7, 11) is 3.10. The molecule has 5 unspecified atom stereocenters. The van der Waals surface area contributed by atoms with Gasteiger partial charge in [-0.2, -0.15) is 0 Å². The molecule has 0 bridgehead atoms. The number of likely N-dealkylation sites (tertiary alicyclic amines) is 1. The van der Waals surface area contributed by atoms with E-state index in [1.807, 2.05) is 39.8 Å². The van der Waals surface area contributed by atoms with Gasteiger partial charge in [-0.15, -0.1) is 0 Å². The molecule has 8 atom stereocenters. The van der Waals surface area contributed by atoms with Gasteiger partial charge >= 0.3 is 0 Å². The van der Waals surface area contributed by atoms with Crippen molar-refractivity contribution in [2.45, 2.75) is 104 Å². The van der Waals surface area contributed by atoms with E-state index in [0.717, 1.165) is 5.57 Å². The van der Waals surface area contributed by atoms with E-state index in [0.29, 0.717) is 18.5 Å². The number of piperidine rings is 1. The van der Waals surface area contributed by atoms with Crippen LogP contribution in [-0.2, 0) is 23.9 Å². The molecule has 2 heterocycles. The van der Waals surface area contributed by atoms with E-state index in [-0.39, 0.29) is 36.5 Å². The van der Waals surface area contributed by atoms with Crippen molar-refractivity contribution in [3.63, 3.8) is 0 Å². The quantitative estimate of drug-likeness (QED) is 0.0486. The maximum Gasteiger partial charge on any atom is 0.261 e. The van der Waals surface area contributed by atoms with E-state index in [2.05, 4.69) is 5.32 Å². The fraction of sp³-hybridized carbons (Fsp3) is 0.523. The second kappa shape index (κ2) is 22.5. The molecule has 0 saturated carbocycles. The number of nitrogens with zero attached hydrogens (tertiary/aromatic N) is 1. The smallest absolute Gasteiger partial charge is 0.261 e. The number of hydrogen-bond donors (Lipinski definition) is 6. The molecule has 2 aliphatic heterocycles. The fourth-order valence-electron chi connectivity index (χ4n) is 6.62. The Hall–Kier alpha value is -4.17. The van der Waals surface area contributed by atoms with Crippen LogP contribution in [0.4, 0.5) is 0 Å². The second-order valence-corrected chi connectivity index (χ2v) is 15.0. The summed E-state index contributed by atoms with van der Waals surface area (Å²) in [5.74, 6) is -4.89. The van der Waals surface area contributed by atoms with Gasteiger partial charge in [0.25, 0.3) is 5.91 Å². The van der Waals surface area contributed by atoms with Gasteiger partial charge in [0.15, 0.2) is 11.6 Å². The Morgan fingerprint density at radius 2 is 1.71 bits per heavy atom. The fourth-order valence-corrected chi connectivity index (χ4v) is 6.62. The van der Waals surface area contributed by atoms with Crippen molar-refractivity contribution in [1.82, 2.24) is 10.2 Å². The van der Waals surface area contributed by atoms with E-state index in [9.17, 15) is 39.9 Å². The average Bonchev–Trinajstić information content (AvgIpc) is 3.14. The van der Waals surface area contributed by atoms with Gasteiger partial charge in [0.2, 0.25) is 5.91 Å². The Balaban J connectivity index is 1.96. The van der Waals surface area contributed by atoms with Crippen LogP contribution in [0.25, 0.3) is 0 Å². The van der Waals surface area contributed by atoms with Crippen molar-refractivity contribution < 1.29 is 49.4 Å². The number of aliphatic hydroxyl groups excluding tert-OH is 4. The topological polar surface area (TPSA) is 186 Å². The van der Waals surface area contributed by atoms with Crippen LogP contribution in [0.15, 0.2) is 108 Å². The van der Waals surface area contributed by atoms with Gasteiger partial charge in [0, 0.05) is 51.4 Å². The van der Waals surface area contributed by atoms with Crippen LogP contribution in [0.1, 0.15) is 67.7 Å². The molecule has 2 aliphatic rings. The van der Waals surface area contributed by atoms with Gasteiger partial charge < -0.3 is 45.2 Å². The van der Waals surface area contributed by atoms with Crippen LogP contribution in [0.5, 0.6) is 0 Å². The molecule has 0 aromatic heterocycles. The number of ketones is 1. The van der Waals surface area contributed by atoms with Crippen LogP contribution in [0.2, 0.25) is 0 Å². The average molecular weight is 781 g/mol. The number of methoxy groups -OCH3 is 1. The number of Topliss-reactive ketones (excluding diaryl/α,β-unsaturated/α-hetero) is 1. The number of aliphatic hydroxyl groups is 5. The summed E-state index contributed by atoms with van der Waals surface area (Å²) >= 11 is 0. The van der Waals surface area contributed by atoms with E-state index in [1.54, 1.807) is 94.7 Å². The number of likely N-dealkylation sites (N-methyl/N-ethyl adjacent to an activating group) is 1. The molecular weight excluding hydrogens is 716 g/mol. The molecule has 0 spiro atoms. The van der Waals surface area contributed by atoms with Crippen LogP contribution in [0, 0.1) is 17.3 Å². The largest absolute Gasteiger partial charge is 0.507 e.